The lowest BCUT2D eigenvalue weighted by Crippen LogP contribution is -2.53. The van der Waals surface area contributed by atoms with E-state index in [9.17, 15) is 28.1 Å². The Morgan fingerprint density at radius 3 is 2.46 bits per heavy atom. The van der Waals surface area contributed by atoms with Gasteiger partial charge in [-0.05, 0) is 43.5 Å². The Morgan fingerprint density at radius 2 is 1.87 bits per heavy atom. The number of ether oxygens (including phenoxy) is 1. The van der Waals surface area contributed by atoms with Gasteiger partial charge >= 0.3 is 0 Å². The standard InChI is InChI=1S/C26H33BrN4O7S/c1-18(26(33)28-21-10-5-4-6-11-21)29(16-19-8-7-9-20(27)14-19)25(32)17-30(39(3,36)37)23-15-22(31(34)35)12-13-24(23)38-2/h7-9,12-15,18,21H,4-6,10-11,16-17H2,1-3H3,(H,28,33)/t18-/m0/s1. The highest BCUT2D eigenvalue weighted by Gasteiger charge is 2.32. The number of nitro benzene ring substituents is 1. The van der Waals surface area contributed by atoms with Crippen LogP contribution in [-0.2, 0) is 26.2 Å². The van der Waals surface area contributed by atoms with Gasteiger partial charge in [-0.2, -0.15) is 0 Å². The van der Waals surface area contributed by atoms with E-state index in [1.807, 2.05) is 12.1 Å². The third-order valence-electron chi connectivity index (χ3n) is 6.68. The van der Waals surface area contributed by atoms with E-state index in [1.54, 1.807) is 19.1 Å². The number of nitrogens with one attached hydrogen (secondary N) is 1. The quantitative estimate of drug-likeness (QED) is 0.294. The zero-order valence-electron chi connectivity index (χ0n) is 22.1. The molecule has 2 amide bonds. The number of amides is 2. The van der Waals surface area contributed by atoms with Gasteiger partial charge in [0.05, 0.1) is 18.3 Å². The molecular weight excluding hydrogens is 592 g/mol. The highest BCUT2D eigenvalue weighted by Crippen LogP contribution is 2.34. The molecule has 1 atom stereocenters. The number of nitrogens with zero attached hydrogens (tertiary/aromatic N) is 3. The first kappa shape index (κ1) is 30.4. The molecule has 13 heteroatoms. The average Bonchev–Trinajstić information content (AvgIpc) is 2.89. The fourth-order valence-corrected chi connectivity index (χ4v) is 5.86. The fourth-order valence-electron chi connectivity index (χ4n) is 4.56. The van der Waals surface area contributed by atoms with Gasteiger partial charge in [-0.3, -0.25) is 24.0 Å². The summed E-state index contributed by atoms with van der Waals surface area (Å²) >= 11 is 3.41. The highest BCUT2D eigenvalue weighted by molar-refractivity contribution is 9.10. The molecule has 0 heterocycles. The number of hydrogen-bond acceptors (Lipinski definition) is 7. The number of anilines is 1. The van der Waals surface area contributed by atoms with Gasteiger partial charge in [0.15, 0.2) is 0 Å². The molecule has 1 fully saturated rings. The van der Waals surface area contributed by atoms with E-state index in [-0.39, 0.29) is 35.6 Å². The molecule has 2 aromatic carbocycles. The van der Waals surface area contributed by atoms with Crippen molar-refractivity contribution in [2.45, 2.75) is 57.7 Å². The zero-order chi connectivity index (χ0) is 28.7. The van der Waals surface area contributed by atoms with Crippen molar-refractivity contribution in [2.75, 3.05) is 24.2 Å². The Morgan fingerprint density at radius 1 is 1.18 bits per heavy atom. The van der Waals surface area contributed by atoms with Crippen molar-refractivity contribution in [3.63, 3.8) is 0 Å². The van der Waals surface area contributed by atoms with Crippen molar-refractivity contribution < 1.29 is 27.7 Å². The summed E-state index contributed by atoms with van der Waals surface area (Å²) in [6.07, 6.45) is 5.80. The number of carbonyl (C=O) groups excluding carboxylic acids is 2. The van der Waals surface area contributed by atoms with Crippen LogP contribution in [0.4, 0.5) is 11.4 Å². The topological polar surface area (TPSA) is 139 Å². The smallest absolute Gasteiger partial charge is 0.271 e. The molecule has 2 aromatic rings. The normalized spacial score (nSPS) is 14.8. The van der Waals surface area contributed by atoms with E-state index < -0.39 is 33.4 Å². The molecule has 1 N–H and O–H groups in total. The lowest BCUT2D eigenvalue weighted by atomic mass is 9.95. The van der Waals surface area contributed by atoms with Crippen LogP contribution in [0.5, 0.6) is 5.75 Å². The van der Waals surface area contributed by atoms with Gasteiger partial charge in [-0.1, -0.05) is 47.3 Å². The second kappa shape index (κ2) is 13.2. The van der Waals surface area contributed by atoms with E-state index in [0.717, 1.165) is 58.8 Å². The first-order valence-electron chi connectivity index (χ1n) is 12.5. The Kier molecular flexibility index (Phi) is 10.3. The molecule has 1 aliphatic rings. The Labute approximate surface area is 236 Å². The van der Waals surface area contributed by atoms with E-state index in [0.29, 0.717) is 0 Å². The molecule has 0 bridgehead atoms. The molecule has 0 unspecified atom stereocenters. The molecule has 0 aliphatic heterocycles. The lowest BCUT2D eigenvalue weighted by Gasteiger charge is -2.33. The summed E-state index contributed by atoms with van der Waals surface area (Å²) in [7, 11) is -2.80. The maximum absolute atomic E-state index is 13.8. The van der Waals surface area contributed by atoms with Crippen LogP contribution in [0, 0.1) is 10.1 Å². The fraction of sp³-hybridized carbons (Fsp3) is 0.462. The Bertz CT molecular complexity index is 1320. The summed E-state index contributed by atoms with van der Waals surface area (Å²) in [4.78, 5) is 39.1. The number of methoxy groups -OCH3 is 1. The van der Waals surface area contributed by atoms with Crippen LogP contribution >= 0.6 is 15.9 Å². The lowest BCUT2D eigenvalue weighted by molar-refractivity contribution is -0.384. The van der Waals surface area contributed by atoms with Crippen molar-refractivity contribution in [1.29, 1.82) is 0 Å². The number of non-ortho nitro benzene ring substituents is 1. The third kappa shape index (κ3) is 8.15. The van der Waals surface area contributed by atoms with Crippen LogP contribution in [0.15, 0.2) is 46.9 Å². The van der Waals surface area contributed by atoms with Crippen LogP contribution in [0.25, 0.3) is 0 Å². The van der Waals surface area contributed by atoms with E-state index in [2.05, 4.69) is 21.2 Å². The van der Waals surface area contributed by atoms with Crippen LogP contribution < -0.4 is 14.4 Å². The first-order chi connectivity index (χ1) is 18.4. The Hall–Kier alpha value is -3.19. The number of hydrogen-bond donors (Lipinski definition) is 1. The van der Waals surface area contributed by atoms with Crippen LogP contribution in [0.1, 0.15) is 44.6 Å². The second-order valence-electron chi connectivity index (χ2n) is 9.55. The largest absolute Gasteiger partial charge is 0.495 e. The molecule has 0 saturated heterocycles. The van der Waals surface area contributed by atoms with Gasteiger partial charge in [0.25, 0.3) is 5.69 Å². The van der Waals surface area contributed by atoms with E-state index in [4.69, 9.17) is 4.74 Å². The summed E-state index contributed by atoms with van der Waals surface area (Å²) in [5, 5.41) is 14.4. The zero-order valence-corrected chi connectivity index (χ0v) is 24.5. The van der Waals surface area contributed by atoms with Crippen molar-refractivity contribution in [1.82, 2.24) is 10.2 Å². The van der Waals surface area contributed by atoms with Gasteiger partial charge in [0.1, 0.15) is 24.0 Å². The number of nitro groups is 1. The molecule has 212 valence electrons. The summed E-state index contributed by atoms with van der Waals surface area (Å²) in [6.45, 7) is 0.958. The number of rotatable bonds is 11. The molecule has 3 rings (SSSR count). The Balaban J connectivity index is 1.96. The van der Waals surface area contributed by atoms with Crippen molar-refractivity contribution in [3.05, 3.63) is 62.6 Å². The summed E-state index contributed by atoms with van der Waals surface area (Å²) in [6, 6.07) is 9.85. The molecule has 0 aromatic heterocycles. The van der Waals surface area contributed by atoms with Gasteiger partial charge in [-0.15, -0.1) is 0 Å². The molecular formula is C26H33BrN4O7S. The monoisotopic (exact) mass is 624 g/mol. The van der Waals surface area contributed by atoms with Gasteiger partial charge < -0.3 is 15.0 Å². The van der Waals surface area contributed by atoms with Crippen molar-refractivity contribution in [2.24, 2.45) is 0 Å². The van der Waals surface area contributed by atoms with Crippen LogP contribution in [-0.4, -0.2) is 62.0 Å². The number of halogens is 1. The number of benzene rings is 2. The molecule has 0 spiro atoms. The molecule has 11 nitrogen and oxygen atoms in total. The maximum atomic E-state index is 13.8. The van der Waals surface area contributed by atoms with Crippen molar-refractivity contribution >= 4 is 49.1 Å². The first-order valence-corrected chi connectivity index (χ1v) is 15.2. The minimum Gasteiger partial charge on any atom is -0.495 e. The molecule has 1 aliphatic carbocycles. The number of carbonyl (C=O) groups is 2. The number of sulfonamides is 1. The average molecular weight is 626 g/mol. The van der Waals surface area contributed by atoms with Gasteiger partial charge in [-0.25, -0.2) is 8.42 Å². The SMILES string of the molecule is COc1ccc([N+](=O)[O-])cc1N(CC(=O)N(Cc1cccc(Br)c1)[C@@H](C)C(=O)NC1CCCCC1)S(C)(=O)=O. The van der Waals surface area contributed by atoms with E-state index in [1.165, 1.54) is 24.1 Å². The van der Waals surface area contributed by atoms with Crippen LogP contribution in [0.2, 0.25) is 0 Å². The highest BCUT2D eigenvalue weighted by atomic mass is 79.9. The van der Waals surface area contributed by atoms with Gasteiger partial charge in [0.2, 0.25) is 21.8 Å². The van der Waals surface area contributed by atoms with Crippen molar-refractivity contribution in [3.8, 4) is 5.75 Å². The third-order valence-corrected chi connectivity index (χ3v) is 8.30. The molecule has 0 radical (unpaired) electrons. The predicted molar refractivity (Wildman–Crippen MR) is 151 cm³/mol. The van der Waals surface area contributed by atoms with E-state index >= 15 is 0 Å². The summed E-state index contributed by atoms with van der Waals surface area (Å²) in [5.41, 5.74) is 0.219. The predicted octanol–water partition coefficient (Wildman–Crippen LogP) is 4.00. The van der Waals surface area contributed by atoms with Gasteiger partial charge in [0, 0.05) is 29.2 Å². The molecule has 39 heavy (non-hydrogen) atoms. The maximum Gasteiger partial charge on any atom is 0.271 e. The minimum absolute atomic E-state index is 0.0261. The van der Waals surface area contributed by atoms with Crippen LogP contribution in [0.3, 0.4) is 0 Å². The second-order valence-corrected chi connectivity index (χ2v) is 12.4. The molecule has 1 saturated carbocycles. The summed E-state index contributed by atoms with van der Waals surface area (Å²) in [5.74, 6) is -0.940. The minimum atomic E-state index is -4.09. The summed E-state index contributed by atoms with van der Waals surface area (Å²) < 4.78 is 32.5.